The maximum Gasteiger partial charge on any atom is 0.208 e. The van der Waals surface area contributed by atoms with Crippen LogP contribution in [0.25, 0.3) is 0 Å². The first-order valence-corrected chi connectivity index (χ1v) is 13.7. The summed E-state index contributed by atoms with van der Waals surface area (Å²) in [5.74, 6) is -0.441. The Balaban J connectivity index is 0.000000318. The molecule has 2 unspecified atom stereocenters. The Morgan fingerprint density at radius 1 is 0.970 bits per heavy atom. The largest absolute Gasteiger partial charge is 0.361 e. The minimum atomic E-state index is -3.71. The normalized spacial score (nSPS) is 23.0. The van der Waals surface area contributed by atoms with Crippen LogP contribution in [-0.2, 0) is 9.84 Å². The van der Waals surface area contributed by atoms with Crippen molar-refractivity contribution < 1.29 is 12.8 Å². The first-order valence-electron chi connectivity index (χ1n) is 12.3. The summed E-state index contributed by atoms with van der Waals surface area (Å²) in [5, 5.41) is 4.27. The minimum absolute atomic E-state index is 0.124. The van der Waals surface area contributed by atoms with Crippen LogP contribution in [-0.4, -0.2) is 53.2 Å². The molecule has 7 heteroatoms. The standard InChI is InChI=1S/C20H23FN2O2S.C6H12N/c1-2-23(18-12-14-22-13-11-17(18)22)19-5-3-4-6-20(19)26(24,25)16-9-7-15(21)8-10-16;1-2-4-6-7-5-3-1/h3-10,17-18H,2,11-14H2,1H3;1-6H2/q+1;. The number of hydrogen-bond donors (Lipinski definition) is 0. The molecule has 2 atom stereocenters. The molecule has 178 valence electrons. The van der Waals surface area contributed by atoms with Gasteiger partial charge in [0.1, 0.15) is 18.9 Å². The molecule has 0 aliphatic carbocycles. The quantitative estimate of drug-likeness (QED) is 0.481. The number of sulfone groups is 1. The second kappa shape index (κ2) is 11.0. The summed E-state index contributed by atoms with van der Waals surface area (Å²) in [5.41, 5.74) is 0.748. The maximum absolute atomic E-state index is 13.2. The molecule has 0 N–H and O–H groups in total. The highest BCUT2D eigenvalue weighted by atomic mass is 32.2. The second-order valence-electron chi connectivity index (χ2n) is 9.04. The number of benzene rings is 2. The van der Waals surface area contributed by atoms with E-state index in [0.29, 0.717) is 17.0 Å². The first kappa shape index (κ1) is 24.2. The van der Waals surface area contributed by atoms with E-state index in [1.54, 1.807) is 12.1 Å². The van der Waals surface area contributed by atoms with Gasteiger partial charge in [-0.2, -0.15) is 4.90 Å². The minimum Gasteiger partial charge on any atom is -0.361 e. The van der Waals surface area contributed by atoms with Gasteiger partial charge in [0.2, 0.25) is 9.84 Å². The summed E-state index contributed by atoms with van der Waals surface area (Å²) in [4.78, 5) is 5.13. The molecule has 5 nitrogen and oxygen atoms in total. The van der Waals surface area contributed by atoms with Crippen LogP contribution in [0.1, 0.15) is 45.4 Å². The van der Waals surface area contributed by atoms with Crippen molar-refractivity contribution in [3.63, 3.8) is 0 Å². The number of fused-ring (bicyclic) bond motifs is 1. The zero-order valence-corrected chi connectivity index (χ0v) is 20.3. The van der Waals surface area contributed by atoms with Crippen molar-refractivity contribution in [1.29, 1.82) is 0 Å². The average Bonchev–Trinajstić information content (AvgIpc) is 2.99. The summed E-state index contributed by atoms with van der Waals surface area (Å²) in [6.07, 6.45) is 7.71. The third-order valence-electron chi connectivity index (χ3n) is 7.05. The molecule has 5 rings (SSSR count). The lowest BCUT2D eigenvalue weighted by Crippen LogP contribution is -2.56. The van der Waals surface area contributed by atoms with E-state index >= 15 is 0 Å². The van der Waals surface area contributed by atoms with E-state index in [-0.39, 0.29) is 4.90 Å². The SMILES string of the molecule is C1CCC[N]CC1.CCN(c1ccccc1S(=O)(=O)c1ccc(F)cc1)C1CC[N+]2CCC12. The molecule has 0 aromatic heterocycles. The van der Waals surface area contributed by atoms with Crippen molar-refractivity contribution in [2.75, 3.05) is 37.6 Å². The predicted octanol–water partition coefficient (Wildman–Crippen LogP) is 4.33. The molecule has 3 aliphatic rings. The van der Waals surface area contributed by atoms with Crippen LogP contribution < -0.4 is 15.1 Å². The van der Waals surface area contributed by atoms with Gasteiger partial charge in [0.25, 0.3) is 0 Å². The van der Waals surface area contributed by atoms with Crippen LogP contribution in [0.5, 0.6) is 0 Å². The molecule has 3 saturated heterocycles. The van der Waals surface area contributed by atoms with E-state index in [1.807, 2.05) is 12.1 Å². The summed E-state index contributed by atoms with van der Waals surface area (Å²) >= 11 is 0. The fourth-order valence-electron chi connectivity index (χ4n) is 5.19. The van der Waals surface area contributed by atoms with E-state index in [4.69, 9.17) is 0 Å². The topological polar surface area (TPSA) is 57.4 Å². The van der Waals surface area contributed by atoms with Crippen molar-refractivity contribution in [2.45, 2.75) is 67.3 Å². The molecule has 0 saturated carbocycles. The third kappa shape index (κ3) is 5.42. The van der Waals surface area contributed by atoms with Crippen LogP contribution in [0.15, 0.2) is 58.3 Å². The fraction of sp³-hybridized carbons (Fsp3) is 0.538. The Labute approximate surface area is 197 Å². The van der Waals surface area contributed by atoms with E-state index < -0.39 is 15.7 Å². The first-order chi connectivity index (χ1) is 16.0. The molecular formula is C26H35FN3O2S+. The molecule has 2 radical (unpaired) electrons. The molecule has 0 spiro atoms. The molecule has 3 heterocycles. The van der Waals surface area contributed by atoms with Crippen molar-refractivity contribution in [3.8, 4) is 0 Å². The Bertz CT molecular complexity index is 993. The molecule has 0 amide bonds. The third-order valence-corrected chi connectivity index (χ3v) is 8.87. The maximum atomic E-state index is 13.2. The van der Waals surface area contributed by atoms with Crippen LogP contribution >= 0.6 is 0 Å². The summed E-state index contributed by atoms with van der Waals surface area (Å²) in [6, 6.07) is 13.1. The van der Waals surface area contributed by atoms with Crippen molar-refractivity contribution >= 4 is 15.5 Å². The van der Waals surface area contributed by atoms with E-state index in [0.717, 1.165) is 44.8 Å². The van der Waals surface area contributed by atoms with E-state index in [9.17, 15) is 12.8 Å². The fourth-order valence-corrected chi connectivity index (χ4v) is 6.65. The number of rotatable bonds is 5. The van der Waals surface area contributed by atoms with Crippen LogP contribution in [0, 0.1) is 5.82 Å². The van der Waals surface area contributed by atoms with Gasteiger partial charge >= 0.3 is 0 Å². The van der Waals surface area contributed by atoms with Gasteiger partial charge in [0.05, 0.1) is 27.9 Å². The molecule has 3 aliphatic heterocycles. The molecule has 0 bridgehead atoms. The van der Waals surface area contributed by atoms with Crippen molar-refractivity contribution in [2.24, 2.45) is 0 Å². The Morgan fingerprint density at radius 3 is 2.24 bits per heavy atom. The Kier molecular flexibility index (Phi) is 8.04. The monoisotopic (exact) mass is 472 g/mol. The number of nitrogens with zero attached hydrogens (tertiary/aromatic N) is 3. The van der Waals surface area contributed by atoms with Crippen LogP contribution in [0.4, 0.5) is 10.1 Å². The highest BCUT2D eigenvalue weighted by Crippen LogP contribution is 2.37. The Morgan fingerprint density at radius 2 is 1.64 bits per heavy atom. The molecule has 2 aromatic carbocycles. The van der Waals surface area contributed by atoms with E-state index in [1.165, 1.54) is 56.4 Å². The summed E-state index contributed by atoms with van der Waals surface area (Å²) in [6.45, 7) is 7.31. The highest BCUT2D eigenvalue weighted by molar-refractivity contribution is 7.91. The predicted molar refractivity (Wildman–Crippen MR) is 130 cm³/mol. The second-order valence-corrected chi connectivity index (χ2v) is 11.0. The van der Waals surface area contributed by atoms with Crippen LogP contribution in [0.2, 0.25) is 0 Å². The molecule has 2 aromatic rings. The number of likely N-dealkylation sites (N-methyl/N-ethyl adjacent to an activating group) is 1. The highest BCUT2D eigenvalue weighted by Gasteiger charge is 2.52. The molecular weight excluding hydrogens is 437 g/mol. The lowest BCUT2D eigenvalue weighted by Gasteiger charge is -2.36. The van der Waals surface area contributed by atoms with Gasteiger partial charge in [-0.3, -0.25) is 0 Å². The van der Waals surface area contributed by atoms with Gasteiger partial charge in [-0.15, -0.1) is 0 Å². The Hall–Kier alpha value is -1.96. The van der Waals surface area contributed by atoms with Crippen LogP contribution in [0.3, 0.4) is 0 Å². The van der Waals surface area contributed by atoms with Gasteiger partial charge in [-0.05, 0) is 56.2 Å². The number of hydrogen-bond acceptors (Lipinski definition) is 4. The van der Waals surface area contributed by atoms with Gasteiger partial charge in [0.15, 0.2) is 6.04 Å². The van der Waals surface area contributed by atoms with E-state index in [2.05, 4.69) is 22.0 Å². The number of para-hydroxylation sites is 1. The lowest BCUT2D eigenvalue weighted by molar-refractivity contribution is 0.237. The van der Waals surface area contributed by atoms with Gasteiger partial charge < -0.3 is 4.90 Å². The number of anilines is 1. The van der Waals surface area contributed by atoms with Crippen molar-refractivity contribution in [1.82, 2.24) is 10.2 Å². The van der Waals surface area contributed by atoms with Crippen molar-refractivity contribution in [3.05, 3.63) is 54.3 Å². The lowest BCUT2D eigenvalue weighted by atomic mass is 9.98. The zero-order valence-electron chi connectivity index (χ0n) is 19.5. The zero-order chi connectivity index (χ0) is 23.3. The summed E-state index contributed by atoms with van der Waals surface area (Å²) in [7, 11) is -3.71. The van der Waals surface area contributed by atoms with Gasteiger partial charge in [0, 0.05) is 26.1 Å². The number of halogens is 1. The average molecular weight is 473 g/mol. The molecule has 33 heavy (non-hydrogen) atoms. The van der Waals surface area contributed by atoms with Gasteiger partial charge in [-0.1, -0.05) is 25.0 Å². The van der Waals surface area contributed by atoms with Gasteiger partial charge in [-0.25, -0.2) is 18.1 Å². The molecule has 3 fully saturated rings. The smallest absolute Gasteiger partial charge is 0.208 e. The summed E-state index contributed by atoms with van der Waals surface area (Å²) < 4.78 is 39.6.